The molecule has 1 amide bonds. The van der Waals surface area contributed by atoms with Gasteiger partial charge in [0, 0.05) is 11.1 Å². The summed E-state index contributed by atoms with van der Waals surface area (Å²) in [6.45, 7) is -0.629. The maximum Gasteiger partial charge on any atom is 0.338 e. The first-order chi connectivity index (χ1) is 15.4. The number of nitro groups is 1. The third-order valence-electron chi connectivity index (χ3n) is 4.13. The number of nitro benzene ring substituents is 1. The lowest BCUT2D eigenvalue weighted by Gasteiger charge is -2.13. The summed E-state index contributed by atoms with van der Waals surface area (Å²) in [5, 5.41) is 14.0. The Morgan fingerprint density at radius 1 is 1.03 bits per heavy atom. The number of carbonyl (C=O) groups is 2. The van der Waals surface area contributed by atoms with Crippen LogP contribution < -0.4 is 14.8 Å². The van der Waals surface area contributed by atoms with Crippen LogP contribution in [0.1, 0.15) is 10.4 Å². The van der Waals surface area contributed by atoms with Gasteiger partial charge in [-0.1, -0.05) is 29.8 Å². The number of esters is 1. The molecule has 0 unspecified atom stereocenters. The molecule has 0 aliphatic heterocycles. The zero-order chi connectivity index (χ0) is 23.1. The summed E-state index contributed by atoms with van der Waals surface area (Å²) in [6, 6.07) is 17.2. The summed E-state index contributed by atoms with van der Waals surface area (Å²) in [4.78, 5) is 35.0. The fourth-order valence-corrected chi connectivity index (χ4v) is 2.84. The Labute approximate surface area is 187 Å². The number of nitrogens with zero attached hydrogens (tertiary/aromatic N) is 1. The van der Waals surface area contributed by atoms with Gasteiger partial charge in [0.25, 0.3) is 5.91 Å². The number of nitrogens with one attached hydrogen (secondary N) is 1. The van der Waals surface area contributed by atoms with E-state index in [4.69, 9.17) is 25.8 Å². The zero-order valence-electron chi connectivity index (χ0n) is 16.7. The van der Waals surface area contributed by atoms with E-state index in [0.717, 1.165) is 6.07 Å². The average molecular weight is 457 g/mol. The standard InChI is InChI=1S/C22H17ClN2O7/c1-30-20-9-7-14(11-18(20)25(28)29)22(27)31-13-21(26)24-17-12-15(23)8-10-19(17)32-16-5-3-2-4-6-16/h2-12H,13H2,1H3,(H,24,26). The minimum Gasteiger partial charge on any atom is -0.490 e. The van der Waals surface area contributed by atoms with E-state index in [2.05, 4.69) is 5.32 Å². The molecule has 0 saturated heterocycles. The quantitative estimate of drug-likeness (QED) is 0.292. The van der Waals surface area contributed by atoms with Gasteiger partial charge in [0.1, 0.15) is 5.75 Å². The first-order valence-electron chi connectivity index (χ1n) is 9.19. The number of rotatable bonds is 8. The molecule has 164 valence electrons. The van der Waals surface area contributed by atoms with Crippen LogP contribution in [-0.2, 0) is 9.53 Å². The molecule has 0 fully saturated rings. The van der Waals surface area contributed by atoms with Crippen LogP contribution >= 0.6 is 11.6 Å². The van der Waals surface area contributed by atoms with Gasteiger partial charge < -0.3 is 19.5 Å². The fourth-order valence-electron chi connectivity index (χ4n) is 2.66. The van der Waals surface area contributed by atoms with Gasteiger partial charge in [0.05, 0.1) is 23.3 Å². The molecule has 3 aromatic rings. The SMILES string of the molecule is COc1ccc(C(=O)OCC(=O)Nc2cc(Cl)ccc2Oc2ccccc2)cc1[N+](=O)[O-]. The molecule has 0 saturated carbocycles. The van der Waals surface area contributed by atoms with Crippen LogP contribution in [0.25, 0.3) is 0 Å². The number of anilines is 1. The van der Waals surface area contributed by atoms with Crippen LogP contribution in [0, 0.1) is 10.1 Å². The summed E-state index contributed by atoms with van der Waals surface area (Å²) in [5.74, 6) is -0.667. The van der Waals surface area contributed by atoms with Crippen molar-refractivity contribution in [1.29, 1.82) is 0 Å². The average Bonchev–Trinajstić information content (AvgIpc) is 2.79. The molecule has 0 aliphatic carbocycles. The number of methoxy groups -OCH3 is 1. The molecule has 0 aromatic heterocycles. The Bertz CT molecular complexity index is 1150. The highest BCUT2D eigenvalue weighted by Crippen LogP contribution is 2.32. The second kappa shape index (κ2) is 10.3. The highest BCUT2D eigenvalue weighted by Gasteiger charge is 2.20. The van der Waals surface area contributed by atoms with E-state index >= 15 is 0 Å². The summed E-state index contributed by atoms with van der Waals surface area (Å²) in [5.41, 5.74) is -0.211. The second-order valence-electron chi connectivity index (χ2n) is 6.32. The molecule has 9 nitrogen and oxygen atoms in total. The van der Waals surface area contributed by atoms with Crippen molar-refractivity contribution in [2.75, 3.05) is 19.0 Å². The second-order valence-corrected chi connectivity index (χ2v) is 6.76. The number of benzene rings is 3. The third-order valence-corrected chi connectivity index (χ3v) is 4.37. The van der Waals surface area contributed by atoms with Gasteiger partial charge in [0.2, 0.25) is 0 Å². The van der Waals surface area contributed by atoms with Gasteiger partial charge in [-0.05, 0) is 42.5 Å². The lowest BCUT2D eigenvalue weighted by molar-refractivity contribution is -0.385. The van der Waals surface area contributed by atoms with E-state index in [9.17, 15) is 19.7 Å². The first kappa shape index (κ1) is 22.6. The van der Waals surface area contributed by atoms with Crippen molar-refractivity contribution in [3.8, 4) is 17.2 Å². The Morgan fingerprint density at radius 2 is 1.75 bits per heavy atom. The normalized spacial score (nSPS) is 10.2. The summed E-state index contributed by atoms with van der Waals surface area (Å²) >= 11 is 6.02. The molecule has 0 heterocycles. The Hall–Kier alpha value is -4.11. The number of hydrogen-bond acceptors (Lipinski definition) is 7. The highest BCUT2D eigenvalue weighted by molar-refractivity contribution is 6.31. The minimum absolute atomic E-state index is 0.00352. The zero-order valence-corrected chi connectivity index (χ0v) is 17.5. The lowest BCUT2D eigenvalue weighted by Crippen LogP contribution is -2.21. The monoisotopic (exact) mass is 456 g/mol. The van der Waals surface area contributed by atoms with E-state index in [1.807, 2.05) is 6.07 Å². The number of halogens is 1. The van der Waals surface area contributed by atoms with Crippen LogP contribution in [0.5, 0.6) is 17.2 Å². The predicted molar refractivity (Wildman–Crippen MR) is 117 cm³/mol. The third kappa shape index (κ3) is 5.73. The van der Waals surface area contributed by atoms with Crippen molar-refractivity contribution >= 4 is 34.9 Å². The van der Waals surface area contributed by atoms with E-state index < -0.39 is 29.1 Å². The molecule has 1 N–H and O–H groups in total. The van der Waals surface area contributed by atoms with Crippen molar-refractivity contribution in [3.05, 3.63) is 87.4 Å². The van der Waals surface area contributed by atoms with Crippen LogP contribution in [0.15, 0.2) is 66.7 Å². The summed E-state index contributed by atoms with van der Waals surface area (Å²) in [6.07, 6.45) is 0. The molecule has 0 atom stereocenters. The number of ether oxygens (including phenoxy) is 3. The van der Waals surface area contributed by atoms with E-state index in [1.165, 1.54) is 25.3 Å². The number of para-hydroxylation sites is 1. The molecule has 3 rings (SSSR count). The smallest absolute Gasteiger partial charge is 0.338 e. The highest BCUT2D eigenvalue weighted by atomic mass is 35.5. The van der Waals surface area contributed by atoms with Crippen molar-refractivity contribution in [1.82, 2.24) is 0 Å². The minimum atomic E-state index is -0.905. The molecule has 3 aromatic carbocycles. The molecule has 10 heteroatoms. The van der Waals surface area contributed by atoms with Gasteiger partial charge in [-0.15, -0.1) is 0 Å². The predicted octanol–water partition coefficient (Wildman–Crippen LogP) is 4.84. The molecule has 0 radical (unpaired) electrons. The van der Waals surface area contributed by atoms with Crippen molar-refractivity contribution in [2.24, 2.45) is 0 Å². The summed E-state index contributed by atoms with van der Waals surface area (Å²) in [7, 11) is 1.27. The topological polar surface area (TPSA) is 117 Å². The Kier molecular flexibility index (Phi) is 7.25. The van der Waals surface area contributed by atoms with Gasteiger partial charge >= 0.3 is 11.7 Å². The van der Waals surface area contributed by atoms with Crippen molar-refractivity contribution in [3.63, 3.8) is 0 Å². The van der Waals surface area contributed by atoms with Crippen molar-refractivity contribution in [2.45, 2.75) is 0 Å². The number of amides is 1. The first-order valence-corrected chi connectivity index (χ1v) is 9.57. The van der Waals surface area contributed by atoms with Crippen molar-refractivity contribution < 1.29 is 28.7 Å². The molecule has 0 aliphatic rings. The van der Waals surface area contributed by atoms with E-state index in [1.54, 1.807) is 36.4 Å². The molecule has 32 heavy (non-hydrogen) atoms. The molecule has 0 spiro atoms. The molecular weight excluding hydrogens is 440 g/mol. The maximum atomic E-state index is 12.3. The van der Waals surface area contributed by atoms with Crippen LogP contribution in [0.3, 0.4) is 0 Å². The van der Waals surface area contributed by atoms with Crippen LogP contribution in [-0.4, -0.2) is 30.5 Å². The maximum absolute atomic E-state index is 12.3. The Balaban J connectivity index is 1.66. The van der Waals surface area contributed by atoms with Gasteiger partial charge in [-0.3, -0.25) is 14.9 Å². The van der Waals surface area contributed by atoms with E-state index in [0.29, 0.717) is 16.5 Å². The van der Waals surface area contributed by atoms with Gasteiger partial charge in [-0.2, -0.15) is 0 Å². The van der Waals surface area contributed by atoms with Gasteiger partial charge in [0.15, 0.2) is 18.1 Å². The molecule has 0 bridgehead atoms. The van der Waals surface area contributed by atoms with Crippen LogP contribution in [0.4, 0.5) is 11.4 Å². The van der Waals surface area contributed by atoms with Crippen LogP contribution in [0.2, 0.25) is 5.02 Å². The fraction of sp³-hybridized carbons (Fsp3) is 0.0909. The number of hydrogen-bond donors (Lipinski definition) is 1. The number of carbonyl (C=O) groups excluding carboxylic acids is 2. The summed E-state index contributed by atoms with van der Waals surface area (Å²) < 4.78 is 15.6. The largest absolute Gasteiger partial charge is 0.490 e. The van der Waals surface area contributed by atoms with E-state index in [-0.39, 0.29) is 17.0 Å². The lowest BCUT2D eigenvalue weighted by atomic mass is 10.2. The van der Waals surface area contributed by atoms with Gasteiger partial charge in [-0.25, -0.2) is 4.79 Å². The Morgan fingerprint density at radius 3 is 2.44 bits per heavy atom. The molecular formula is C22H17ClN2O7.